The Morgan fingerprint density at radius 2 is 2.00 bits per heavy atom. The molecule has 5 nitrogen and oxygen atoms in total. The average Bonchev–Trinajstić information content (AvgIpc) is 2.56. The van der Waals surface area contributed by atoms with Crippen molar-refractivity contribution in [2.75, 3.05) is 7.05 Å². The largest absolute Gasteiger partial charge is 0.426 e. The molecular weight excluding hydrogens is 234 g/mol. The fourth-order valence-electron chi connectivity index (χ4n) is 1.83. The number of fused-ring (bicyclic) bond motifs is 1. The molecule has 2 amide bonds. The maximum atomic E-state index is 11.9. The topological polar surface area (TPSA) is 63.7 Å². The highest BCUT2D eigenvalue weighted by molar-refractivity contribution is 6.22. The monoisotopic (exact) mass is 247 g/mol. The van der Waals surface area contributed by atoms with Crippen LogP contribution in [0.15, 0.2) is 18.2 Å². The molecule has 1 heterocycles. The molecule has 1 aliphatic rings. The first-order valence-electron chi connectivity index (χ1n) is 5.72. The van der Waals surface area contributed by atoms with Crippen LogP contribution in [0.4, 0.5) is 0 Å². The van der Waals surface area contributed by atoms with Crippen molar-refractivity contribution in [2.45, 2.75) is 19.8 Å². The van der Waals surface area contributed by atoms with Gasteiger partial charge in [0.15, 0.2) is 0 Å². The summed E-state index contributed by atoms with van der Waals surface area (Å²) in [6.07, 6.45) is 0.947. The van der Waals surface area contributed by atoms with Crippen LogP contribution in [0.1, 0.15) is 40.5 Å². The summed E-state index contributed by atoms with van der Waals surface area (Å²) in [7, 11) is 1.41. The van der Waals surface area contributed by atoms with Gasteiger partial charge < -0.3 is 4.74 Å². The molecule has 0 N–H and O–H groups in total. The second-order valence-electron chi connectivity index (χ2n) is 4.07. The van der Waals surface area contributed by atoms with Gasteiger partial charge >= 0.3 is 5.97 Å². The van der Waals surface area contributed by atoms with E-state index in [2.05, 4.69) is 0 Å². The summed E-state index contributed by atoms with van der Waals surface area (Å²) in [6.45, 7) is 1.86. The van der Waals surface area contributed by atoms with E-state index >= 15 is 0 Å². The first-order valence-corrected chi connectivity index (χ1v) is 5.72. The smallest absolute Gasteiger partial charge is 0.311 e. The molecule has 0 saturated heterocycles. The van der Waals surface area contributed by atoms with Gasteiger partial charge in [0.1, 0.15) is 5.75 Å². The van der Waals surface area contributed by atoms with E-state index < -0.39 is 11.9 Å². The molecule has 5 heteroatoms. The molecule has 0 fully saturated rings. The van der Waals surface area contributed by atoms with Gasteiger partial charge in [-0.15, -0.1) is 0 Å². The van der Waals surface area contributed by atoms with Crippen LogP contribution in [0.25, 0.3) is 0 Å². The normalized spacial score (nSPS) is 13.8. The van der Waals surface area contributed by atoms with E-state index in [1.807, 2.05) is 6.92 Å². The minimum absolute atomic E-state index is 0.161. The van der Waals surface area contributed by atoms with Gasteiger partial charge in [-0.25, -0.2) is 0 Å². The van der Waals surface area contributed by atoms with Crippen molar-refractivity contribution >= 4 is 17.8 Å². The Bertz CT molecular complexity index is 536. The standard InChI is InChI=1S/C13H13NO4/c1-3-5-10(15)18-9-7-4-6-8-11(9)13(17)14(2)12(8)16/h4,6-7H,3,5H2,1-2H3. The first-order chi connectivity index (χ1) is 8.56. The number of hydrogen-bond donors (Lipinski definition) is 0. The summed E-state index contributed by atoms with van der Waals surface area (Å²) < 4.78 is 5.13. The van der Waals surface area contributed by atoms with Gasteiger partial charge in [0.05, 0.1) is 11.1 Å². The van der Waals surface area contributed by atoms with Gasteiger partial charge in [-0.3, -0.25) is 19.3 Å². The molecule has 1 aliphatic heterocycles. The molecule has 0 unspecified atom stereocenters. The third-order valence-corrected chi connectivity index (χ3v) is 2.76. The van der Waals surface area contributed by atoms with Crippen LogP contribution >= 0.6 is 0 Å². The third-order valence-electron chi connectivity index (χ3n) is 2.76. The highest BCUT2D eigenvalue weighted by atomic mass is 16.5. The first kappa shape index (κ1) is 12.3. The Labute approximate surface area is 104 Å². The van der Waals surface area contributed by atoms with Gasteiger partial charge in [0.2, 0.25) is 0 Å². The highest BCUT2D eigenvalue weighted by Crippen LogP contribution is 2.30. The lowest BCUT2D eigenvalue weighted by Gasteiger charge is -2.07. The lowest BCUT2D eigenvalue weighted by molar-refractivity contribution is -0.134. The molecule has 0 aromatic heterocycles. The number of amides is 2. The van der Waals surface area contributed by atoms with Crippen molar-refractivity contribution in [3.05, 3.63) is 29.3 Å². The van der Waals surface area contributed by atoms with Crippen LogP contribution in [0.2, 0.25) is 0 Å². The molecule has 0 radical (unpaired) electrons. The average molecular weight is 247 g/mol. The summed E-state index contributed by atoms with van der Waals surface area (Å²) >= 11 is 0. The number of carbonyl (C=O) groups is 3. The second-order valence-corrected chi connectivity index (χ2v) is 4.07. The molecule has 94 valence electrons. The predicted molar refractivity (Wildman–Crippen MR) is 63.4 cm³/mol. The zero-order valence-electron chi connectivity index (χ0n) is 10.2. The minimum atomic E-state index is -0.435. The van der Waals surface area contributed by atoms with Gasteiger partial charge in [-0.1, -0.05) is 13.0 Å². The lowest BCUT2D eigenvalue weighted by atomic mass is 10.1. The van der Waals surface area contributed by atoms with Crippen molar-refractivity contribution in [2.24, 2.45) is 0 Å². The van der Waals surface area contributed by atoms with Crippen LogP contribution in [0, 0.1) is 0 Å². The van der Waals surface area contributed by atoms with Crippen molar-refractivity contribution in [3.63, 3.8) is 0 Å². The Kier molecular flexibility index (Phi) is 3.14. The van der Waals surface area contributed by atoms with E-state index in [9.17, 15) is 14.4 Å². The van der Waals surface area contributed by atoms with Crippen molar-refractivity contribution in [3.8, 4) is 5.75 Å². The quantitative estimate of drug-likeness (QED) is 0.462. The Balaban J connectivity index is 2.38. The molecule has 0 atom stereocenters. The van der Waals surface area contributed by atoms with E-state index in [1.165, 1.54) is 13.1 Å². The SMILES string of the molecule is CCCC(=O)Oc1cccc2c1C(=O)N(C)C2=O. The molecule has 2 rings (SSSR count). The minimum Gasteiger partial charge on any atom is -0.426 e. The van der Waals surface area contributed by atoms with Crippen molar-refractivity contribution in [1.82, 2.24) is 4.90 Å². The summed E-state index contributed by atoms with van der Waals surface area (Å²) in [5.41, 5.74) is 0.457. The molecule has 18 heavy (non-hydrogen) atoms. The van der Waals surface area contributed by atoms with Crippen LogP contribution in [-0.4, -0.2) is 29.7 Å². The number of nitrogens with zero attached hydrogens (tertiary/aromatic N) is 1. The molecule has 1 aromatic carbocycles. The summed E-state index contributed by atoms with van der Waals surface area (Å²) in [6, 6.07) is 4.67. The maximum absolute atomic E-state index is 11.9. The van der Waals surface area contributed by atoms with Gasteiger partial charge in [-0.2, -0.15) is 0 Å². The molecule has 0 bridgehead atoms. The van der Waals surface area contributed by atoms with Crippen molar-refractivity contribution in [1.29, 1.82) is 0 Å². The summed E-state index contributed by atoms with van der Waals surface area (Å²) in [5, 5.41) is 0. The fraction of sp³-hybridized carbons (Fsp3) is 0.308. The molecule has 0 spiro atoms. The van der Waals surface area contributed by atoms with Crippen LogP contribution in [0.5, 0.6) is 5.75 Å². The van der Waals surface area contributed by atoms with Gasteiger partial charge in [0, 0.05) is 13.5 Å². The van der Waals surface area contributed by atoms with Crippen LogP contribution in [0.3, 0.4) is 0 Å². The zero-order chi connectivity index (χ0) is 13.3. The van der Waals surface area contributed by atoms with Gasteiger partial charge in [0.25, 0.3) is 11.8 Å². The Hall–Kier alpha value is -2.17. The number of benzene rings is 1. The molecule has 0 saturated carbocycles. The van der Waals surface area contributed by atoms with E-state index in [-0.39, 0.29) is 29.2 Å². The third kappa shape index (κ3) is 1.88. The molecular formula is C13H13NO4. The van der Waals surface area contributed by atoms with E-state index in [0.29, 0.717) is 6.42 Å². The molecule has 0 aliphatic carbocycles. The molecule has 1 aromatic rings. The predicted octanol–water partition coefficient (Wildman–Crippen LogP) is 1.62. The van der Waals surface area contributed by atoms with Crippen LogP contribution < -0.4 is 4.74 Å². The Morgan fingerprint density at radius 1 is 1.28 bits per heavy atom. The van der Waals surface area contributed by atoms with Gasteiger partial charge in [-0.05, 0) is 18.6 Å². The number of esters is 1. The number of carbonyl (C=O) groups excluding carboxylic acids is 3. The number of hydrogen-bond acceptors (Lipinski definition) is 4. The van der Waals surface area contributed by atoms with E-state index in [0.717, 1.165) is 4.90 Å². The number of imide groups is 1. The van der Waals surface area contributed by atoms with Crippen LogP contribution in [-0.2, 0) is 4.79 Å². The fourth-order valence-corrected chi connectivity index (χ4v) is 1.83. The lowest BCUT2D eigenvalue weighted by Crippen LogP contribution is -2.24. The summed E-state index contributed by atoms with van der Waals surface area (Å²) in [5.74, 6) is -1.05. The Morgan fingerprint density at radius 3 is 2.67 bits per heavy atom. The second kappa shape index (κ2) is 4.60. The van der Waals surface area contributed by atoms with E-state index in [4.69, 9.17) is 4.74 Å². The number of rotatable bonds is 3. The maximum Gasteiger partial charge on any atom is 0.311 e. The highest BCUT2D eigenvalue weighted by Gasteiger charge is 2.35. The number of ether oxygens (including phenoxy) is 1. The van der Waals surface area contributed by atoms with Crippen molar-refractivity contribution < 1.29 is 19.1 Å². The van der Waals surface area contributed by atoms with E-state index in [1.54, 1.807) is 12.1 Å². The zero-order valence-corrected chi connectivity index (χ0v) is 10.2. The summed E-state index contributed by atoms with van der Waals surface area (Å²) in [4.78, 5) is 36.1.